The van der Waals surface area contributed by atoms with Crippen LogP contribution in [0.3, 0.4) is 0 Å². The first-order valence-electron chi connectivity index (χ1n) is 9.74. The van der Waals surface area contributed by atoms with Crippen molar-refractivity contribution in [1.82, 2.24) is 14.8 Å². The number of aromatic nitrogens is 3. The molecular formula is C22H24Cl2N4O2S. The maximum absolute atomic E-state index is 12.3. The van der Waals surface area contributed by atoms with Gasteiger partial charge in [0.1, 0.15) is 12.4 Å². The average molecular weight is 479 g/mol. The molecule has 0 aliphatic rings. The van der Waals surface area contributed by atoms with E-state index in [-0.39, 0.29) is 18.3 Å². The van der Waals surface area contributed by atoms with Crippen molar-refractivity contribution < 1.29 is 9.53 Å². The van der Waals surface area contributed by atoms with E-state index in [1.54, 1.807) is 18.2 Å². The molecule has 31 heavy (non-hydrogen) atoms. The van der Waals surface area contributed by atoms with E-state index in [9.17, 15) is 4.79 Å². The molecule has 0 fully saturated rings. The Bertz CT molecular complexity index is 1090. The normalized spacial score (nSPS) is 11.1. The van der Waals surface area contributed by atoms with Gasteiger partial charge in [-0.25, -0.2) is 0 Å². The lowest BCUT2D eigenvalue weighted by Gasteiger charge is -2.14. The Labute approximate surface area is 196 Å². The summed E-state index contributed by atoms with van der Waals surface area (Å²) < 4.78 is 7.88. The fourth-order valence-electron chi connectivity index (χ4n) is 2.90. The van der Waals surface area contributed by atoms with Crippen LogP contribution in [0.2, 0.25) is 10.0 Å². The van der Waals surface area contributed by atoms with Crippen molar-refractivity contribution in [1.29, 1.82) is 0 Å². The summed E-state index contributed by atoms with van der Waals surface area (Å²) in [5.74, 6) is 1.83. The number of amides is 1. The van der Waals surface area contributed by atoms with Crippen molar-refractivity contribution in [3.63, 3.8) is 0 Å². The standard InChI is InChI=1S/C22H24Cl2N4O2S/c1-13(2)15-9-8-14(3)10-18(15)30-11-19-26-27-22(28(19)4)31-12-20(29)25-17-7-5-6-16(23)21(17)24/h5-10,13H,11-12H2,1-4H3,(H,25,29). The zero-order valence-electron chi connectivity index (χ0n) is 17.8. The lowest BCUT2D eigenvalue weighted by Crippen LogP contribution is -2.15. The van der Waals surface area contributed by atoms with Crippen LogP contribution in [-0.2, 0) is 18.4 Å². The van der Waals surface area contributed by atoms with Crippen molar-refractivity contribution >= 4 is 46.6 Å². The van der Waals surface area contributed by atoms with Gasteiger partial charge in [-0.05, 0) is 42.2 Å². The molecule has 3 aromatic rings. The van der Waals surface area contributed by atoms with Gasteiger partial charge in [0, 0.05) is 7.05 Å². The Morgan fingerprint density at radius 1 is 1.23 bits per heavy atom. The number of hydrogen-bond acceptors (Lipinski definition) is 5. The van der Waals surface area contributed by atoms with E-state index in [4.69, 9.17) is 27.9 Å². The molecule has 6 nitrogen and oxygen atoms in total. The molecule has 0 aliphatic carbocycles. The number of nitrogens with one attached hydrogen (secondary N) is 1. The number of thioether (sulfide) groups is 1. The van der Waals surface area contributed by atoms with Gasteiger partial charge in [-0.15, -0.1) is 10.2 Å². The molecule has 1 N–H and O–H groups in total. The second-order valence-corrected chi connectivity index (χ2v) is 9.11. The Morgan fingerprint density at radius 3 is 2.74 bits per heavy atom. The monoisotopic (exact) mass is 478 g/mol. The fourth-order valence-corrected chi connectivity index (χ4v) is 3.98. The fraction of sp³-hybridized carbons (Fsp3) is 0.318. The summed E-state index contributed by atoms with van der Waals surface area (Å²) in [6.07, 6.45) is 0. The Balaban J connectivity index is 1.60. The summed E-state index contributed by atoms with van der Waals surface area (Å²) in [5.41, 5.74) is 2.77. The molecule has 1 heterocycles. The minimum absolute atomic E-state index is 0.158. The second kappa shape index (κ2) is 10.4. The van der Waals surface area contributed by atoms with Gasteiger partial charge in [-0.1, -0.05) is 67.0 Å². The predicted molar refractivity (Wildman–Crippen MR) is 126 cm³/mol. The number of ether oxygens (including phenoxy) is 1. The first-order valence-corrected chi connectivity index (χ1v) is 11.5. The summed E-state index contributed by atoms with van der Waals surface area (Å²) >= 11 is 13.4. The highest BCUT2D eigenvalue weighted by atomic mass is 35.5. The second-order valence-electron chi connectivity index (χ2n) is 7.38. The van der Waals surface area contributed by atoms with Crippen LogP contribution < -0.4 is 10.1 Å². The smallest absolute Gasteiger partial charge is 0.234 e. The molecule has 0 radical (unpaired) electrons. The highest BCUT2D eigenvalue weighted by molar-refractivity contribution is 7.99. The number of nitrogens with zero attached hydrogens (tertiary/aromatic N) is 3. The zero-order valence-corrected chi connectivity index (χ0v) is 20.1. The average Bonchev–Trinajstić information content (AvgIpc) is 3.07. The van der Waals surface area contributed by atoms with Gasteiger partial charge in [0.2, 0.25) is 5.91 Å². The molecule has 0 bridgehead atoms. The van der Waals surface area contributed by atoms with Crippen LogP contribution in [0.1, 0.15) is 36.7 Å². The van der Waals surface area contributed by atoms with Crippen LogP contribution in [0, 0.1) is 6.92 Å². The van der Waals surface area contributed by atoms with Gasteiger partial charge < -0.3 is 14.6 Å². The first-order chi connectivity index (χ1) is 14.8. The van der Waals surface area contributed by atoms with E-state index in [0.717, 1.165) is 16.9 Å². The lowest BCUT2D eigenvalue weighted by molar-refractivity contribution is -0.113. The van der Waals surface area contributed by atoms with Crippen molar-refractivity contribution in [3.05, 3.63) is 63.4 Å². The van der Waals surface area contributed by atoms with Crippen molar-refractivity contribution in [2.24, 2.45) is 7.05 Å². The molecular weight excluding hydrogens is 455 g/mol. The summed E-state index contributed by atoms with van der Waals surface area (Å²) in [5, 5.41) is 12.5. The molecule has 0 atom stereocenters. The van der Waals surface area contributed by atoms with Gasteiger partial charge in [-0.3, -0.25) is 4.79 Å². The van der Waals surface area contributed by atoms with E-state index >= 15 is 0 Å². The maximum atomic E-state index is 12.3. The topological polar surface area (TPSA) is 69.0 Å². The van der Waals surface area contributed by atoms with Gasteiger partial charge in [-0.2, -0.15) is 0 Å². The SMILES string of the molecule is Cc1ccc(C(C)C)c(OCc2nnc(SCC(=O)Nc3cccc(Cl)c3Cl)n2C)c1. The van der Waals surface area contributed by atoms with Crippen LogP contribution in [-0.4, -0.2) is 26.4 Å². The van der Waals surface area contributed by atoms with Crippen LogP contribution >= 0.6 is 35.0 Å². The molecule has 0 saturated heterocycles. The van der Waals surface area contributed by atoms with Crippen LogP contribution in [0.15, 0.2) is 41.6 Å². The van der Waals surface area contributed by atoms with E-state index in [0.29, 0.717) is 32.6 Å². The number of anilines is 1. The van der Waals surface area contributed by atoms with Gasteiger partial charge in [0.05, 0.1) is 21.5 Å². The molecule has 1 aromatic heterocycles. The largest absolute Gasteiger partial charge is 0.485 e. The van der Waals surface area contributed by atoms with Crippen molar-refractivity contribution in [2.45, 2.75) is 38.5 Å². The quantitative estimate of drug-likeness (QED) is 0.410. The molecule has 0 saturated carbocycles. The Morgan fingerprint density at radius 2 is 2.00 bits per heavy atom. The highest BCUT2D eigenvalue weighted by Gasteiger charge is 2.15. The van der Waals surface area contributed by atoms with E-state index in [2.05, 4.69) is 41.5 Å². The number of carbonyl (C=O) groups excluding carboxylic acids is 1. The molecule has 0 aliphatic heterocycles. The molecule has 3 rings (SSSR count). The van der Waals surface area contributed by atoms with Crippen LogP contribution in [0.25, 0.3) is 0 Å². The number of hydrogen-bond donors (Lipinski definition) is 1. The third-order valence-corrected chi connectivity index (χ3v) is 6.47. The minimum Gasteiger partial charge on any atom is -0.485 e. The predicted octanol–water partition coefficient (Wildman–Crippen LogP) is 5.86. The number of halogens is 2. The molecule has 9 heteroatoms. The van der Waals surface area contributed by atoms with E-state index < -0.39 is 0 Å². The number of aryl methyl sites for hydroxylation is 1. The minimum atomic E-state index is -0.212. The summed E-state index contributed by atoms with van der Waals surface area (Å²) in [6.45, 7) is 6.60. The third kappa shape index (κ3) is 5.93. The molecule has 2 aromatic carbocycles. The summed E-state index contributed by atoms with van der Waals surface area (Å²) in [4.78, 5) is 12.3. The van der Waals surface area contributed by atoms with Gasteiger partial charge in [0.25, 0.3) is 0 Å². The molecule has 1 amide bonds. The zero-order chi connectivity index (χ0) is 22.5. The number of rotatable bonds is 8. The third-order valence-electron chi connectivity index (χ3n) is 4.63. The first kappa shape index (κ1) is 23.4. The Kier molecular flexibility index (Phi) is 7.86. The van der Waals surface area contributed by atoms with E-state index in [1.807, 2.05) is 24.6 Å². The number of carbonyl (C=O) groups is 1. The van der Waals surface area contributed by atoms with E-state index in [1.165, 1.54) is 11.8 Å². The van der Waals surface area contributed by atoms with Gasteiger partial charge in [0.15, 0.2) is 11.0 Å². The van der Waals surface area contributed by atoms with Crippen LogP contribution in [0.4, 0.5) is 5.69 Å². The highest BCUT2D eigenvalue weighted by Crippen LogP contribution is 2.30. The Hall–Kier alpha value is -2.22. The van der Waals surface area contributed by atoms with Crippen LogP contribution in [0.5, 0.6) is 5.75 Å². The number of benzene rings is 2. The summed E-state index contributed by atoms with van der Waals surface area (Å²) in [7, 11) is 1.85. The van der Waals surface area contributed by atoms with Crippen molar-refractivity contribution in [2.75, 3.05) is 11.1 Å². The molecule has 164 valence electrons. The molecule has 0 spiro atoms. The van der Waals surface area contributed by atoms with Gasteiger partial charge >= 0.3 is 0 Å². The lowest BCUT2D eigenvalue weighted by atomic mass is 10.0. The maximum Gasteiger partial charge on any atom is 0.234 e. The summed E-state index contributed by atoms with van der Waals surface area (Å²) in [6, 6.07) is 11.3. The van der Waals surface area contributed by atoms with Crippen molar-refractivity contribution in [3.8, 4) is 5.75 Å². The molecule has 0 unspecified atom stereocenters.